The van der Waals surface area contributed by atoms with E-state index in [1.807, 2.05) is 30.1 Å². The Morgan fingerprint density at radius 1 is 1.11 bits per heavy atom. The zero-order valence-electron chi connectivity index (χ0n) is 10.1. The number of aromatic nitrogens is 1. The molecule has 1 aromatic carbocycles. The summed E-state index contributed by atoms with van der Waals surface area (Å²) in [6.45, 7) is 0.941. The number of benzene rings is 1. The molecule has 2 rings (SSSR count). The van der Waals surface area contributed by atoms with Crippen LogP contribution in [0.4, 0.5) is 8.78 Å². The minimum Gasteiger partial charge on any atom is -0.296 e. The summed E-state index contributed by atoms with van der Waals surface area (Å²) in [7, 11) is 1.85. The number of nitrogens with zero attached hydrogens (tertiary/aromatic N) is 2. The van der Waals surface area contributed by atoms with Crippen LogP contribution in [-0.4, -0.2) is 16.9 Å². The van der Waals surface area contributed by atoms with E-state index < -0.39 is 5.82 Å². The molecule has 0 fully saturated rings. The van der Waals surface area contributed by atoms with E-state index in [-0.39, 0.29) is 5.82 Å². The molecule has 2 nitrogen and oxygen atoms in total. The van der Waals surface area contributed by atoms with Crippen LogP contribution in [0.3, 0.4) is 0 Å². The largest absolute Gasteiger partial charge is 0.296 e. The zero-order chi connectivity index (χ0) is 13.0. The molecule has 0 N–H and O–H groups in total. The third-order valence-electron chi connectivity index (χ3n) is 2.61. The van der Waals surface area contributed by atoms with Crippen LogP contribution in [0.5, 0.6) is 0 Å². The molecule has 0 radical (unpaired) electrons. The molecule has 0 atom stereocenters. The van der Waals surface area contributed by atoms with E-state index in [1.54, 1.807) is 6.20 Å². The Morgan fingerprint density at radius 2 is 1.94 bits per heavy atom. The van der Waals surface area contributed by atoms with Crippen LogP contribution in [0.1, 0.15) is 11.3 Å². The van der Waals surface area contributed by atoms with E-state index >= 15 is 0 Å². The highest BCUT2D eigenvalue weighted by atomic mass is 19.1. The van der Waals surface area contributed by atoms with Crippen molar-refractivity contribution in [2.24, 2.45) is 0 Å². The van der Waals surface area contributed by atoms with Crippen molar-refractivity contribution in [2.75, 3.05) is 7.05 Å². The summed E-state index contributed by atoms with van der Waals surface area (Å²) in [5, 5.41) is 0. The van der Waals surface area contributed by atoms with Gasteiger partial charge in [-0.1, -0.05) is 6.07 Å². The molecule has 0 saturated heterocycles. The van der Waals surface area contributed by atoms with E-state index in [2.05, 4.69) is 4.98 Å². The first-order valence-corrected chi connectivity index (χ1v) is 5.67. The first-order valence-electron chi connectivity index (χ1n) is 5.67. The summed E-state index contributed by atoms with van der Waals surface area (Å²) in [4.78, 5) is 6.08. The molecule has 0 spiro atoms. The smallest absolute Gasteiger partial charge is 0.127 e. The molecular weight excluding hydrogens is 234 g/mol. The van der Waals surface area contributed by atoms with Gasteiger partial charge in [-0.25, -0.2) is 8.78 Å². The second kappa shape index (κ2) is 5.69. The Labute approximate surface area is 105 Å². The van der Waals surface area contributed by atoms with Crippen molar-refractivity contribution in [3.63, 3.8) is 0 Å². The Hall–Kier alpha value is -1.81. The number of hydrogen-bond donors (Lipinski definition) is 0. The van der Waals surface area contributed by atoms with Crippen molar-refractivity contribution in [1.29, 1.82) is 0 Å². The highest BCUT2D eigenvalue weighted by Crippen LogP contribution is 2.12. The van der Waals surface area contributed by atoms with Crippen molar-refractivity contribution in [3.05, 3.63) is 65.5 Å². The van der Waals surface area contributed by atoms with Crippen LogP contribution in [0.15, 0.2) is 42.6 Å². The van der Waals surface area contributed by atoms with Crippen molar-refractivity contribution in [2.45, 2.75) is 13.1 Å². The van der Waals surface area contributed by atoms with Crippen LogP contribution < -0.4 is 0 Å². The second-order valence-electron chi connectivity index (χ2n) is 4.23. The minimum atomic E-state index is -0.419. The normalized spacial score (nSPS) is 10.9. The molecule has 94 valence electrons. The van der Waals surface area contributed by atoms with E-state index in [1.165, 1.54) is 6.07 Å². The Morgan fingerprint density at radius 3 is 2.67 bits per heavy atom. The van der Waals surface area contributed by atoms with Gasteiger partial charge < -0.3 is 0 Å². The van der Waals surface area contributed by atoms with Gasteiger partial charge >= 0.3 is 0 Å². The summed E-state index contributed by atoms with van der Waals surface area (Å²) >= 11 is 0. The summed E-state index contributed by atoms with van der Waals surface area (Å²) < 4.78 is 26.5. The fourth-order valence-corrected chi connectivity index (χ4v) is 1.78. The predicted molar refractivity (Wildman–Crippen MR) is 65.8 cm³/mol. The average molecular weight is 248 g/mol. The van der Waals surface area contributed by atoms with Gasteiger partial charge in [0.15, 0.2) is 0 Å². The van der Waals surface area contributed by atoms with Gasteiger partial charge in [0.2, 0.25) is 0 Å². The molecule has 0 bridgehead atoms. The molecule has 0 aliphatic heterocycles. The third kappa shape index (κ3) is 3.34. The van der Waals surface area contributed by atoms with Crippen molar-refractivity contribution in [1.82, 2.24) is 9.88 Å². The van der Waals surface area contributed by atoms with Gasteiger partial charge in [-0.2, -0.15) is 0 Å². The maximum Gasteiger partial charge on any atom is 0.127 e. The summed E-state index contributed by atoms with van der Waals surface area (Å²) in [5.74, 6) is -0.804. The van der Waals surface area contributed by atoms with Crippen LogP contribution >= 0.6 is 0 Å². The minimum absolute atomic E-state index is 0.347. The topological polar surface area (TPSA) is 16.1 Å². The number of pyridine rings is 1. The molecule has 4 heteroatoms. The number of halogens is 2. The lowest BCUT2D eigenvalue weighted by Gasteiger charge is -2.16. The first kappa shape index (κ1) is 12.6. The van der Waals surface area contributed by atoms with Gasteiger partial charge in [-0.05, 0) is 37.4 Å². The third-order valence-corrected chi connectivity index (χ3v) is 2.61. The van der Waals surface area contributed by atoms with Gasteiger partial charge in [0.25, 0.3) is 0 Å². The number of rotatable bonds is 4. The highest BCUT2D eigenvalue weighted by molar-refractivity contribution is 5.18. The molecule has 2 aromatic rings. The predicted octanol–water partition coefficient (Wildman–Crippen LogP) is 2.99. The summed E-state index contributed by atoms with van der Waals surface area (Å²) in [6, 6.07) is 9.15. The lowest BCUT2D eigenvalue weighted by Crippen LogP contribution is -2.18. The zero-order valence-corrected chi connectivity index (χ0v) is 10.1. The summed E-state index contributed by atoms with van der Waals surface area (Å²) in [6.07, 6.45) is 1.71. The monoisotopic (exact) mass is 248 g/mol. The molecule has 18 heavy (non-hydrogen) atoms. The maximum absolute atomic E-state index is 13.5. The summed E-state index contributed by atoms with van der Waals surface area (Å²) in [5.41, 5.74) is 1.25. The molecule has 0 unspecified atom stereocenters. The van der Waals surface area contributed by atoms with Crippen LogP contribution in [-0.2, 0) is 13.1 Å². The Kier molecular flexibility index (Phi) is 3.99. The lowest BCUT2D eigenvalue weighted by atomic mass is 10.2. The van der Waals surface area contributed by atoms with Crippen LogP contribution in [0.25, 0.3) is 0 Å². The van der Waals surface area contributed by atoms with Gasteiger partial charge in [0.05, 0.1) is 5.69 Å². The van der Waals surface area contributed by atoms with Gasteiger partial charge in [0, 0.05) is 24.8 Å². The quantitative estimate of drug-likeness (QED) is 0.827. The van der Waals surface area contributed by atoms with Gasteiger partial charge in [-0.3, -0.25) is 9.88 Å². The Balaban J connectivity index is 2.03. The second-order valence-corrected chi connectivity index (χ2v) is 4.23. The molecular formula is C14H14F2N2. The van der Waals surface area contributed by atoms with Gasteiger partial charge in [-0.15, -0.1) is 0 Å². The fourth-order valence-electron chi connectivity index (χ4n) is 1.78. The molecule has 1 heterocycles. The van der Waals surface area contributed by atoms with Gasteiger partial charge in [0.1, 0.15) is 11.6 Å². The van der Waals surface area contributed by atoms with Crippen LogP contribution in [0.2, 0.25) is 0 Å². The van der Waals surface area contributed by atoms with E-state index in [0.717, 1.165) is 17.8 Å². The van der Waals surface area contributed by atoms with E-state index in [0.29, 0.717) is 18.7 Å². The van der Waals surface area contributed by atoms with E-state index in [9.17, 15) is 8.78 Å². The SMILES string of the molecule is CN(Cc1ccccn1)Cc1cc(F)ccc1F. The Bertz CT molecular complexity index is 514. The van der Waals surface area contributed by atoms with Crippen molar-refractivity contribution >= 4 is 0 Å². The first-order chi connectivity index (χ1) is 8.65. The standard InChI is InChI=1S/C14H14F2N2/c1-18(10-13-4-2-3-7-17-13)9-11-8-12(15)5-6-14(11)16/h2-8H,9-10H2,1H3. The maximum atomic E-state index is 13.5. The lowest BCUT2D eigenvalue weighted by molar-refractivity contribution is 0.309. The molecule has 0 saturated carbocycles. The van der Waals surface area contributed by atoms with Crippen LogP contribution in [0, 0.1) is 11.6 Å². The fraction of sp³-hybridized carbons (Fsp3) is 0.214. The molecule has 1 aromatic heterocycles. The van der Waals surface area contributed by atoms with E-state index in [4.69, 9.17) is 0 Å². The molecule has 0 aliphatic carbocycles. The highest BCUT2D eigenvalue weighted by Gasteiger charge is 2.08. The molecule has 0 aliphatic rings. The van der Waals surface area contributed by atoms with Crippen molar-refractivity contribution < 1.29 is 8.78 Å². The number of hydrogen-bond acceptors (Lipinski definition) is 2. The molecule has 0 amide bonds. The average Bonchev–Trinajstić information content (AvgIpc) is 2.35. The van der Waals surface area contributed by atoms with Crippen molar-refractivity contribution in [3.8, 4) is 0 Å².